The van der Waals surface area contributed by atoms with Crippen LogP contribution in [0.25, 0.3) is 0 Å². The number of hydrogen-bond donors (Lipinski definition) is 2. The molecule has 5 heteroatoms. The highest BCUT2D eigenvalue weighted by Gasteiger charge is 2.41. The number of halogens is 1. The minimum Gasteiger partial charge on any atom is -0.508 e. The summed E-state index contributed by atoms with van der Waals surface area (Å²) in [5.41, 5.74) is 7.63. The molecule has 1 aliphatic heterocycles. The number of aliphatic imine (C=N–C) groups is 1. The molecule has 0 spiro atoms. The summed E-state index contributed by atoms with van der Waals surface area (Å²) in [5, 5.41) is 9.77. The van der Waals surface area contributed by atoms with Crippen LogP contribution in [-0.4, -0.2) is 17.6 Å². The molecule has 0 bridgehead atoms. The standard InChI is InChI=1S/C16H16BrN3O/c1-16(11-5-4-6-12(21)9-11)10-19-15(18)20(16)14-8-3-2-7-13(14)17/h2-9,21H,10H2,1H3,(H2,18,19). The highest BCUT2D eigenvalue weighted by molar-refractivity contribution is 9.10. The molecule has 2 aromatic carbocycles. The second-order valence-corrected chi connectivity index (χ2v) is 6.14. The molecule has 0 amide bonds. The quantitative estimate of drug-likeness (QED) is 0.878. The van der Waals surface area contributed by atoms with Gasteiger partial charge >= 0.3 is 0 Å². The average molecular weight is 346 g/mol. The zero-order chi connectivity index (χ0) is 15.0. The largest absolute Gasteiger partial charge is 0.508 e. The first-order valence-electron chi connectivity index (χ1n) is 6.66. The van der Waals surface area contributed by atoms with Crippen molar-refractivity contribution in [2.24, 2.45) is 10.7 Å². The van der Waals surface area contributed by atoms with Crippen molar-refractivity contribution < 1.29 is 5.11 Å². The van der Waals surface area contributed by atoms with Gasteiger partial charge in [0.2, 0.25) is 0 Å². The SMILES string of the molecule is CC1(c2cccc(O)c2)CN=C(N)N1c1ccccc1Br. The fourth-order valence-corrected chi connectivity index (χ4v) is 3.17. The molecular weight excluding hydrogens is 330 g/mol. The molecule has 21 heavy (non-hydrogen) atoms. The Morgan fingerprint density at radius 1 is 1.24 bits per heavy atom. The Morgan fingerprint density at radius 2 is 2.00 bits per heavy atom. The fraction of sp³-hybridized carbons (Fsp3) is 0.188. The third kappa shape index (κ3) is 2.27. The van der Waals surface area contributed by atoms with Crippen molar-refractivity contribution in [3.8, 4) is 5.75 Å². The van der Waals surface area contributed by atoms with Crippen molar-refractivity contribution >= 4 is 27.6 Å². The zero-order valence-corrected chi connectivity index (χ0v) is 13.2. The number of guanidine groups is 1. The van der Waals surface area contributed by atoms with Gasteiger partial charge in [-0.1, -0.05) is 24.3 Å². The maximum absolute atomic E-state index is 9.77. The Labute approximate surface area is 132 Å². The van der Waals surface area contributed by atoms with E-state index >= 15 is 0 Å². The van der Waals surface area contributed by atoms with E-state index in [-0.39, 0.29) is 5.75 Å². The molecule has 1 aliphatic rings. The van der Waals surface area contributed by atoms with E-state index in [2.05, 4.69) is 27.8 Å². The number of phenolic OH excluding ortho intramolecular Hbond substituents is 1. The van der Waals surface area contributed by atoms with Gasteiger partial charge in [-0.25, -0.2) is 0 Å². The van der Waals surface area contributed by atoms with Gasteiger partial charge in [0.05, 0.1) is 17.8 Å². The summed E-state index contributed by atoms with van der Waals surface area (Å²) >= 11 is 3.57. The van der Waals surface area contributed by atoms with E-state index in [0.717, 1.165) is 15.7 Å². The van der Waals surface area contributed by atoms with Crippen LogP contribution in [0.1, 0.15) is 12.5 Å². The number of nitrogens with zero attached hydrogens (tertiary/aromatic N) is 2. The summed E-state index contributed by atoms with van der Waals surface area (Å²) in [7, 11) is 0. The van der Waals surface area contributed by atoms with Gasteiger partial charge in [-0.15, -0.1) is 0 Å². The molecule has 4 nitrogen and oxygen atoms in total. The zero-order valence-electron chi connectivity index (χ0n) is 11.6. The third-order valence-corrected chi connectivity index (χ3v) is 4.50. The van der Waals surface area contributed by atoms with Crippen molar-refractivity contribution in [2.75, 3.05) is 11.4 Å². The van der Waals surface area contributed by atoms with Crippen LogP contribution in [0.2, 0.25) is 0 Å². The molecule has 1 heterocycles. The maximum Gasteiger partial charge on any atom is 0.196 e. The topological polar surface area (TPSA) is 61.9 Å². The fourth-order valence-electron chi connectivity index (χ4n) is 2.71. The second kappa shape index (κ2) is 5.07. The lowest BCUT2D eigenvalue weighted by molar-refractivity contribution is 0.468. The van der Waals surface area contributed by atoms with E-state index in [9.17, 15) is 5.11 Å². The first kappa shape index (κ1) is 13.9. The minimum atomic E-state index is -0.424. The second-order valence-electron chi connectivity index (χ2n) is 5.29. The van der Waals surface area contributed by atoms with Crippen molar-refractivity contribution in [3.63, 3.8) is 0 Å². The number of para-hydroxylation sites is 1. The highest BCUT2D eigenvalue weighted by Crippen LogP contribution is 2.40. The molecule has 3 N–H and O–H groups in total. The lowest BCUT2D eigenvalue weighted by Gasteiger charge is -2.37. The Kier molecular flexibility index (Phi) is 3.37. The van der Waals surface area contributed by atoms with Gasteiger partial charge in [-0.3, -0.25) is 9.89 Å². The molecular formula is C16H16BrN3O. The predicted molar refractivity (Wildman–Crippen MR) is 88.6 cm³/mol. The first-order valence-corrected chi connectivity index (χ1v) is 7.46. The Morgan fingerprint density at radius 3 is 2.71 bits per heavy atom. The van der Waals surface area contributed by atoms with Crippen LogP contribution >= 0.6 is 15.9 Å². The first-order chi connectivity index (χ1) is 10.0. The lowest BCUT2D eigenvalue weighted by atomic mass is 9.90. The number of benzene rings is 2. The smallest absolute Gasteiger partial charge is 0.196 e. The number of phenols is 1. The van der Waals surface area contributed by atoms with Crippen LogP contribution in [-0.2, 0) is 5.54 Å². The van der Waals surface area contributed by atoms with Gasteiger partial charge in [0.25, 0.3) is 0 Å². The van der Waals surface area contributed by atoms with E-state index in [4.69, 9.17) is 5.73 Å². The van der Waals surface area contributed by atoms with E-state index in [1.807, 2.05) is 41.3 Å². The van der Waals surface area contributed by atoms with Crippen molar-refractivity contribution in [1.82, 2.24) is 0 Å². The van der Waals surface area contributed by atoms with E-state index in [1.54, 1.807) is 12.1 Å². The number of aromatic hydroxyl groups is 1. The molecule has 3 rings (SSSR count). The number of anilines is 1. The molecule has 1 unspecified atom stereocenters. The van der Waals surface area contributed by atoms with Crippen molar-refractivity contribution in [1.29, 1.82) is 0 Å². The monoisotopic (exact) mass is 345 g/mol. The molecule has 0 saturated carbocycles. The van der Waals surface area contributed by atoms with Crippen LogP contribution < -0.4 is 10.6 Å². The normalized spacial score (nSPS) is 21.4. The van der Waals surface area contributed by atoms with Gasteiger partial charge in [-0.2, -0.15) is 0 Å². The Hall–Kier alpha value is -2.01. The highest BCUT2D eigenvalue weighted by atomic mass is 79.9. The van der Waals surface area contributed by atoms with Gasteiger partial charge in [0.1, 0.15) is 5.75 Å². The maximum atomic E-state index is 9.77. The van der Waals surface area contributed by atoms with Crippen molar-refractivity contribution in [2.45, 2.75) is 12.5 Å². The van der Waals surface area contributed by atoms with Crippen LogP contribution in [0.4, 0.5) is 5.69 Å². The predicted octanol–water partition coefficient (Wildman–Crippen LogP) is 3.20. The molecule has 0 radical (unpaired) electrons. The van der Waals surface area contributed by atoms with Gasteiger partial charge < -0.3 is 10.8 Å². The van der Waals surface area contributed by atoms with Gasteiger partial charge in [0.15, 0.2) is 5.96 Å². The Bertz CT molecular complexity index is 716. The lowest BCUT2D eigenvalue weighted by Crippen LogP contribution is -2.47. The van der Waals surface area contributed by atoms with E-state index in [0.29, 0.717) is 12.5 Å². The summed E-state index contributed by atoms with van der Waals surface area (Å²) < 4.78 is 0.955. The minimum absolute atomic E-state index is 0.242. The molecule has 1 atom stereocenters. The number of nitrogens with two attached hydrogens (primary N) is 1. The van der Waals surface area contributed by atoms with Crippen LogP contribution in [0.3, 0.4) is 0 Å². The molecule has 0 aromatic heterocycles. The number of rotatable bonds is 2. The summed E-state index contributed by atoms with van der Waals surface area (Å²) in [6.45, 7) is 2.62. The Balaban J connectivity index is 2.13. The molecule has 2 aromatic rings. The van der Waals surface area contributed by atoms with Crippen molar-refractivity contribution in [3.05, 3.63) is 58.6 Å². The van der Waals surface area contributed by atoms with Crippen LogP contribution in [0.5, 0.6) is 5.75 Å². The molecule has 108 valence electrons. The molecule has 0 fully saturated rings. The van der Waals surface area contributed by atoms with Crippen LogP contribution in [0.15, 0.2) is 58.0 Å². The summed E-state index contributed by atoms with van der Waals surface area (Å²) in [4.78, 5) is 6.42. The summed E-state index contributed by atoms with van der Waals surface area (Å²) in [5.74, 6) is 0.721. The summed E-state index contributed by atoms with van der Waals surface area (Å²) in [6, 6.07) is 15.1. The van der Waals surface area contributed by atoms with E-state index < -0.39 is 5.54 Å². The molecule has 0 saturated heterocycles. The number of hydrogen-bond acceptors (Lipinski definition) is 4. The third-order valence-electron chi connectivity index (χ3n) is 3.83. The van der Waals surface area contributed by atoms with Gasteiger partial charge in [0, 0.05) is 4.47 Å². The average Bonchev–Trinajstić information content (AvgIpc) is 2.77. The summed E-state index contributed by atoms with van der Waals surface area (Å²) in [6.07, 6.45) is 0. The van der Waals surface area contributed by atoms with E-state index in [1.165, 1.54) is 0 Å². The molecule has 0 aliphatic carbocycles. The van der Waals surface area contributed by atoms with Gasteiger partial charge in [-0.05, 0) is 52.7 Å². The van der Waals surface area contributed by atoms with Crippen LogP contribution in [0, 0.1) is 0 Å².